The van der Waals surface area contributed by atoms with Gasteiger partial charge < -0.3 is 20.1 Å². The third-order valence-corrected chi connectivity index (χ3v) is 8.49. The van der Waals surface area contributed by atoms with Gasteiger partial charge in [-0.25, -0.2) is 4.39 Å². The fourth-order valence-electron chi connectivity index (χ4n) is 6.44. The van der Waals surface area contributed by atoms with Crippen LogP contribution in [0.3, 0.4) is 0 Å². The van der Waals surface area contributed by atoms with Gasteiger partial charge in [0.25, 0.3) is 5.91 Å². The van der Waals surface area contributed by atoms with Crippen molar-refractivity contribution < 1.29 is 23.5 Å². The molecule has 6 nitrogen and oxygen atoms in total. The van der Waals surface area contributed by atoms with Crippen LogP contribution in [-0.4, -0.2) is 42.2 Å². The van der Waals surface area contributed by atoms with Gasteiger partial charge in [-0.05, 0) is 69.4 Å². The first kappa shape index (κ1) is 22.9. The van der Waals surface area contributed by atoms with E-state index < -0.39 is 5.82 Å². The van der Waals surface area contributed by atoms with E-state index in [9.17, 15) is 14.0 Å². The maximum atomic E-state index is 13.5. The van der Waals surface area contributed by atoms with Crippen molar-refractivity contribution in [3.05, 3.63) is 29.0 Å². The van der Waals surface area contributed by atoms with Crippen LogP contribution in [-0.2, 0) is 14.3 Å². The summed E-state index contributed by atoms with van der Waals surface area (Å²) in [7, 11) is 0. The minimum absolute atomic E-state index is 0.0116. The summed E-state index contributed by atoms with van der Waals surface area (Å²) < 4.78 is 25.1. The van der Waals surface area contributed by atoms with Crippen molar-refractivity contribution in [2.75, 3.05) is 6.61 Å². The maximum Gasteiger partial charge on any atom is 0.258 e. The maximum absolute atomic E-state index is 13.5. The fraction of sp³-hybridized carbons (Fsp3) is 0.680. The second kappa shape index (κ2) is 9.06. The van der Waals surface area contributed by atoms with Gasteiger partial charge in [-0.1, -0.05) is 24.4 Å². The Morgan fingerprint density at radius 2 is 1.97 bits per heavy atom. The van der Waals surface area contributed by atoms with Crippen molar-refractivity contribution >= 4 is 23.4 Å². The van der Waals surface area contributed by atoms with Crippen LogP contribution in [0.2, 0.25) is 5.02 Å². The Morgan fingerprint density at radius 1 is 1.21 bits per heavy atom. The van der Waals surface area contributed by atoms with Gasteiger partial charge in [0.15, 0.2) is 6.61 Å². The summed E-state index contributed by atoms with van der Waals surface area (Å²) in [5.74, 6) is 0.407. The molecule has 2 bridgehead atoms. The highest BCUT2D eigenvalue weighted by Crippen LogP contribution is 2.52. The number of hydrogen-bond donors (Lipinski definition) is 2. The van der Waals surface area contributed by atoms with Crippen molar-refractivity contribution in [1.29, 1.82) is 0 Å². The van der Waals surface area contributed by atoms with E-state index in [1.165, 1.54) is 37.8 Å². The Kier molecular flexibility index (Phi) is 6.29. The van der Waals surface area contributed by atoms with Crippen molar-refractivity contribution in [2.45, 2.75) is 82.1 Å². The van der Waals surface area contributed by atoms with Gasteiger partial charge in [-0.15, -0.1) is 0 Å². The molecule has 0 aromatic heterocycles. The number of hydrogen-bond acceptors (Lipinski definition) is 4. The van der Waals surface area contributed by atoms with E-state index in [-0.39, 0.29) is 58.9 Å². The number of carbonyl (C=O) groups excluding carboxylic acids is 2. The first-order chi connectivity index (χ1) is 15.8. The lowest BCUT2D eigenvalue weighted by atomic mass is 9.76. The third kappa shape index (κ3) is 4.72. The first-order valence-electron chi connectivity index (χ1n) is 12.2. The molecule has 1 saturated heterocycles. The second-order valence-corrected chi connectivity index (χ2v) is 10.9. The van der Waals surface area contributed by atoms with Crippen molar-refractivity contribution in [3.63, 3.8) is 0 Å². The monoisotopic (exact) mass is 478 g/mol. The molecule has 1 aromatic carbocycles. The molecule has 0 spiro atoms. The summed E-state index contributed by atoms with van der Waals surface area (Å²) in [5.41, 5.74) is -0.217. The summed E-state index contributed by atoms with van der Waals surface area (Å²) in [6.45, 7) is 1.83. The normalized spacial score (nSPS) is 35.3. The number of ether oxygens (including phenoxy) is 2. The summed E-state index contributed by atoms with van der Waals surface area (Å²) >= 11 is 5.67. The number of halogens is 2. The molecule has 33 heavy (non-hydrogen) atoms. The molecule has 8 heteroatoms. The molecule has 0 radical (unpaired) electrons. The summed E-state index contributed by atoms with van der Waals surface area (Å²) in [6, 6.07) is 4.11. The number of nitrogens with one attached hydrogen (secondary N) is 2. The molecule has 180 valence electrons. The molecule has 4 aliphatic carbocycles. The smallest absolute Gasteiger partial charge is 0.258 e. The zero-order valence-corrected chi connectivity index (χ0v) is 19.7. The van der Waals surface area contributed by atoms with Crippen LogP contribution < -0.4 is 15.4 Å². The Morgan fingerprint density at radius 3 is 2.70 bits per heavy atom. The van der Waals surface area contributed by atoms with E-state index in [1.807, 2.05) is 6.92 Å². The van der Waals surface area contributed by atoms with Crippen LogP contribution in [0.15, 0.2) is 18.2 Å². The standard InChI is InChI=1S/C25H32ClFN2O4/c1-14-18(9-22(33-14)15-4-2-3-5-15)24(31)29-25-10-16(11-25)21(12-25)28-23(30)13-32-17-6-7-19(26)20(27)8-17/h6-8,14-16,18,21-22H,2-5,9-13H2,1H3,(H,28,30)(H,29,31)/t14?,16?,18?,21-,22?,25?/m0/s1. The molecular formula is C25H32ClFN2O4. The zero-order chi connectivity index (χ0) is 23.2. The lowest BCUT2D eigenvalue weighted by molar-refractivity contribution is -0.129. The number of fused-ring (bicyclic) bond motifs is 1. The number of amides is 2. The quantitative estimate of drug-likeness (QED) is 0.621. The zero-order valence-electron chi connectivity index (χ0n) is 18.9. The van der Waals surface area contributed by atoms with E-state index in [0.717, 1.165) is 31.7 Å². The molecule has 1 heterocycles. The average Bonchev–Trinajstić information content (AvgIpc) is 3.52. The molecule has 2 amide bonds. The topological polar surface area (TPSA) is 76.7 Å². The number of benzene rings is 1. The van der Waals surface area contributed by atoms with Crippen molar-refractivity contribution in [3.8, 4) is 5.75 Å². The highest BCUT2D eigenvalue weighted by molar-refractivity contribution is 6.30. The van der Waals surface area contributed by atoms with E-state index in [2.05, 4.69) is 10.6 Å². The van der Waals surface area contributed by atoms with Crippen LogP contribution in [0.5, 0.6) is 5.75 Å². The second-order valence-electron chi connectivity index (χ2n) is 10.4. The van der Waals surface area contributed by atoms with Crippen LogP contribution in [0.25, 0.3) is 0 Å². The fourth-order valence-corrected chi connectivity index (χ4v) is 6.56. The van der Waals surface area contributed by atoms with Crippen LogP contribution in [0.4, 0.5) is 4.39 Å². The first-order valence-corrected chi connectivity index (χ1v) is 12.5. The third-order valence-electron chi connectivity index (χ3n) is 8.19. The molecule has 5 fully saturated rings. The molecule has 5 aliphatic rings. The molecular weight excluding hydrogens is 447 g/mol. The SMILES string of the molecule is CC1OC(C2CCCC2)CC1C(=O)NC12CC(C1)[C@@H](NC(=O)COc1ccc(Cl)c(F)c1)C2. The molecule has 3 unspecified atom stereocenters. The van der Waals surface area contributed by atoms with Gasteiger partial charge in [0.1, 0.15) is 11.6 Å². The average molecular weight is 479 g/mol. The lowest BCUT2D eigenvalue weighted by Gasteiger charge is -2.40. The van der Waals surface area contributed by atoms with E-state index in [0.29, 0.717) is 11.8 Å². The van der Waals surface area contributed by atoms with Gasteiger partial charge in [-0.3, -0.25) is 9.59 Å². The predicted octanol–water partition coefficient (Wildman–Crippen LogP) is 4.00. The van der Waals surface area contributed by atoms with Gasteiger partial charge >= 0.3 is 0 Å². The summed E-state index contributed by atoms with van der Waals surface area (Å²) in [5, 5.41) is 6.36. The van der Waals surface area contributed by atoms with Crippen LogP contribution in [0, 0.1) is 23.6 Å². The van der Waals surface area contributed by atoms with Crippen molar-refractivity contribution in [2.24, 2.45) is 17.8 Å². The van der Waals surface area contributed by atoms with Crippen molar-refractivity contribution in [1.82, 2.24) is 10.6 Å². The number of carbonyl (C=O) groups is 2. The predicted molar refractivity (Wildman–Crippen MR) is 121 cm³/mol. The Labute approximate surface area is 198 Å². The highest BCUT2D eigenvalue weighted by atomic mass is 35.5. The van der Waals surface area contributed by atoms with Crippen LogP contribution in [0.1, 0.15) is 58.3 Å². The number of rotatable bonds is 7. The summed E-state index contributed by atoms with van der Waals surface area (Å²) in [4.78, 5) is 25.5. The molecule has 2 N–H and O–H groups in total. The lowest BCUT2D eigenvalue weighted by Crippen LogP contribution is -2.54. The van der Waals surface area contributed by atoms with Gasteiger partial charge in [0.05, 0.1) is 23.1 Å². The molecule has 4 saturated carbocycles. The molecule has 6 rings (SSSR count). The molecule has 1 aliphatic heterocycles. The van der Waals surface area contributed by atoms with E-state index in [4.69, 9.17) is 21.1 Å². The van der Waals surface area contributed by atoms with E-state index in [1.54, 1.807) is 0 Å². The van der Waals surface area contributed by atoms with Gasteiger partial charge in [0.2, 0.25) is 5.91 Å². The molecule has 4 atom stereocenters. The Balaban J connectivity index is 1.09. The van der Waals surface area contributed by atoms with Gasteiger partial charge in [0, 0.05) is 17.6 Å². The summed E-state index contributed by atoms with van der Waals surface area (Å²) in [6.07, 6.45) is 8.49. The Bertz CT molecular complexity index is 916. The minimum atomic E-state index is -0.583. The largest absolute Gasteiger partial charge is 0.484 e. The Hall–Kier alpha value is -1.86. The van der Waals surface area contributed by atoms with Gasteiger partial charge in [-0.2, -0.15) is 0 Å². The minimum Gasteiger partial charge on any atom is -0.484 e. The van der Waals surface area contributed by atoms with E-state index >= 15 is 0 Å². The van der Waals surface area contributed by atoms with Crippen LogP contribution >= 0.6 is 11.6 Å². The highest BCUT2D eigenvalue weighted by Gasteiger charge is 2.58. The molecule has 1 aromatic rings.